The number of rotatable bonds is 8. The number of carbonyl (C=O) groups excluding carboxylic acids is 3. The van der Waals surface area contributed by atoms with E-state index in [2.05, 4.69) is 20.3 Å². The van der Waals surface area contributed by atoms with Crippen LogP contribution in [0.4, 0.5) is 5.95 Å². The van der Waals surface area contributed by atoms with Gasteiger partial charge < -0.3 is 14.2 Å². The van der Waals surface area contributed by atoms with Crippen molar-refractivity contribution in [1.29, 1.82) is 0 Å². The Bertz CT molecular complexity index is 995. The molecule has 0 atom stereocenters. The summed E-state index contributed by atoms with van der Waals surface area (Å²) in [5.74, 6) is -1.15. The molecule has 0 bridgehead atoms. The van der Waals surface area contributed by atoms with Gasteiger partial charge in [0.25, 0.3) is 0 Å². The van der Waals surface area contributed by atoms with Gasteiger partial charge in [-0.25, -0.2) is 4.98 Å². The number of amides is 1. The van der Waals surface area contributed by atoms with Crippen LogP contribution in [0.3, 0.4) is 0 Å². The molecule has 2 aromatic heterocycles. The summed E-state index contributed by atoms with van der Waals surface area (Å²) in [6.45, 7) is 11.4. The van der Waals surface area contributed by atoms with Crippen molar-refractivity contribution >= 4 is 46.6 Å². The highest BCUT2D eigenvalue weighted by atomic mass is 35.5. The molecule has 1 N–H and O–H groups in total. The Hall–Kier alpha value is -2.79. The third-order valence-electron chi connectivity index (χ3n) is 4.18. The third-order valence-corrected chi connectivity index (χ3v) is 4.45. The number of carbonyl (C=O) groups is 3. The Morgan fingerprint density at radius 2 is 1.58 bits per heavy atom. The molecule has 0 aliphatic heterocycles. The molecule has 0 fully saturated rings. The normalized spacial score (nSPS) is 12.2. The molecular formula is C21H30ClN5O6. The lowest BCUT2D eigenvalue weighted by atomic mass is 9.97. The van der Waals surface area contributed by atoms with Crippen molar-refractivity contribution in [2.24, 2.45) is 10.8 Å². The standard InChI is InChI=1S/C21H30ClN5O6/c1-12(28)24-19-25-15(22)14-16(26-19)27(10-23-14)11-33-13(8-31-17(29)20(2,3)4)9-32-18(30)21(5,6)7/h10,13H,8-9,11H2,1-7H3,(H,24,25,26,28). The number of aromatic nitrogens is 4. The maximum Gasteiger partial charge on any atom is 0.311 e. The molecule has 2 rings (SSSR count). The number of anilines is 1. The van der Waals surface area contributed by atoms with E-state index in [0.717, 1.165) is 0 Å². The summed E-state index contributed by atoms with van der Waals surface area (Å²) in [5, 5.41) is 2.54. The van der Waals surface area contributed by atoms with Gasteiger partial charge in [0.2, 0.25) is 11.9 Å². The van der Waals surface area contributed by atoms with E-state index >= 15 is 0 Å². The van der Waals surface area contributed by atoms with Gasteiger partial charge in [0.1, 0.15) is 31.6 Å². The van der Waals surface area contributed by atoms with Crippen molar-refractivity contribution in [3.8, 4) is 0 Å². The predicted molar refractivity (Wildman–Crippen MR) is 120 cm³/mol. The largest absolute Gasteiger partial charge is 0.462 e. The van der Waals surface area contributed by atoms with Crippen LogP contribution in [0.15, 0.2) is 6.33 Å². The Morgan fingerprint density at radius 3 is 2.06 bits per heavy atom. The second-order valence-electron chi connectivity index (χ2n) is 9.52. The topological polar surface area (TPSA) is 135 Å². The summed E-state index contributed by atoms with van der Waals surface area (Å²) >= 11 is 6.14. The molecule has 12 heteroatoms. The molecule has 0 saturated carbocycles. The first-order valence-electron chi connectivity index (χ1n) is 10.3. The van der Waals surface area contributed by atoms with Crippen molar-refractivity contribution < 1.29 is 28.6 Å². The molecule has 33 heavy (non-hydrogen) atoms. The van der Waals surface area contributed by atoms with Crippen LogP contribution in [-0.2, 0) is 35.3 Å². The second kappa shape index (κ2) is 10.4. The lowest BCUT2D eigenvalue weighted by Gasteiger charge is -2.23. The summed E-state index contributed by atoms with van der Waals surface area (Å²) in [6.07, 6.45) is 0.703. The highest BCUT2D eigenvalue weighted by Gasteiger charge is 2.27. The van der Waals surface area contributed by atoms with Crippen LogP contribution >= 0.6 is 11.6 Å². The maximum atomic E-state index is 12.2. The first-order chi connectivity index (χ1) is 15.2. The van der Waals surface area contributed by atoms with Crippen LogP contribution in [0.25, 0.3) is 11.2 Å². The van der Waals surface area contributed by atoms with Gasteiger partial charge in [-0.2, -0.15) is 9.97 Å². The number of esters is 2. The smallest absolute Gasteiger partial charge is 0.311 e. The summed E-state index contributed by atoms with van der Waals surface area (Å²) in [6, 6.07) is 0. The van der Waals surface area contributed by atoms with Crippen LogP contribution in [0.1, 0.15) is 48.5 Å². The minimum absolute atomic E-state index is 0.0246. The van der Waals surface area contributed by atoms with E-state index in [1.54, 1.807) is 46.1 Å². The number of hydrogen-bond donors (Lipinski definition) is 1. The molecule has 2 aromatic rings. The maximum absolute atomic E-state index is 12.2. The minimum Gasteiger partial charge on any atom is -0.462 e. The fourth-order valence-electron chi connectivity index (χ4n) is 2.32. The molecular weight excluding hydrogens is 454 g/mol. The quantitative estimate of drug-likeness (QED) is 0.444. The summed E-state index contributed by atoms with van der Waals surface area (Å²) in [5.41, 5.74) is -0.734. The average molecular weight is 484 g/mol. The predicted octanol–water partition coefficient (Wildman–Crippen LogP) is 2.96. The molecule has 1 amide bonds. The zero-order valence-electron chi connectivity index (χ0n) is 19.9. The van der Waals surface area contributed by atoms with Crippen molar-refractivity contribution in [2.75, 3.05) is 18.5 Å². The van der Waals surface area contributed by atoms with E-state index in [9.17, 15) is 14.4 Å². The molecule has 0 aromatic carbocycles. The van der Waals surface area contributed by atoms with E-state index in [0.29, 0.717) is 11.2 Å². The lowest BCUT2D eigenvalue weighted by Crippen LogP contribution is -2.34. The van der Waals surface area contributed by atoms with E-state index < -0.39 is 28.9 Å². The van der Waals surface area contributed by atoms with Gasteiger partial charge in [-0.1, -0.05) is 11.6 Å². The Labute approximate surface area is 197 Å². The van der Waals surface area contributed by atoms with Gasteiger partial charge in [-0.05, 0) is 41.5 Å². The Balaban J connectivity index is 2.16. The van der Waals surface area contributed by atoms with E-state index in [1.165, 1.54) is 13.3 Å². The van der Waals surface area contributed by atoms with Gasteiger partial charge >= 0.3 is 11.9 Å². The highest BCUT2D eigenvalue weighted by Crippen LogP contribution is 2.21. The highest BCUT2D eigenvalue weighted by molar-refractivity contribution is 6.33. The lowest BCUT2D eigenvalue weighted by molar-refractivity contribution is -0.166. The number of fused-ring (bicyclic) bond motifs is 1. The minimum atomic E-state index is -0.743. The van der Waals surface area contributed by atoms with Gasteiger partial charge in [0, 0.05) is 6.92 Å². The van der Waals surface area contributed by atoms with Crippen LogP contribution in [0, 0.1) is 10.8 Å². The molecule has 0 aliphatic carbocycles. The average Bonchev–Trinajstić information content (AvgIpc) is 3.08. The first-order valence-corrected chi connectivity index (χ1v) is 10.7. The number of nitrogens with zero attached hydrogens (tertiary/aromatic N) is 4. The molecule has 0 aliphatic rings. The molecule has 0 unspecified atom stereocenters. The fourth-order valence-corrected chi connectivity index (χ4v) is 2.53. The molecule has 0 saturated heterocycles. The number of hydrogen-bond acceptors (Lipinski definition) is 9. The van der Waals surface area contributed by atoms with Crippen LogP contribution in [0.2, 0.25) is 5.15 Å². The number of imidazole rings is 1. The van der Waals surface area contributed by atoms with Gasteiger partial charge in [-0.15, -0.1) is 0 Å². The SMILES string of the molecule is CC(=O)Nc1nc(Cl)c2ncn(COC(COC(=O)C(C)(C)C)COC(=O)C(C)(C)C)c2n1. The Kier molecular flexibility index (Phi) is 8.36. The first kappa shape index (κ1) is 26.5. The zero-order valence-corrected chi connectivity index (χ0v) is 20.6. The van der Waals surface area contributed by atoms with Gasteiger partial charge in [0.15, 0.2) is 10.8 Å². The summed E-state index contributed by atoms with van der Waals surface area (Å²) in [7, 11) is 0. The van der Waals surface area contributed by atoms with Gasteiger partial charge in [0.05, 0.1) is 17.2 Å². The molecule has 0 radical (unpaired) electrons. The molecule has 2 heterocycles. The van der Waals surface area contributed by atoms with E-state index in [1.807, 2.05) is 0 Å². The van der Waals surface area contributed by atoms with Crippen molar-refractivity contribution in [3.05, 3.63) is 11.5 Å². The summed E-state index contributed by atoms with van der Waals surface area (Å²) in [4.78, 5) is 48.1. The third kappa shape index (κ3) is 7.64. The number of halogens is 1. The number of ether oxygens (including phenoxy) is 3. The Morgan fingerprint density at radius 1 is 1.03 bits per heavy atom. The van der Waals surface area contributed by atoms with Crippen LogP contribution in [-0.4, -0.2) is 56.7 Å². The van der Waals surface area contributed by atoms with Crippen LogP contribution in [0.5, 0.6) is 0 Å². The molecule has 0 spiro atoms. The van der Waals surface area contributed by atoms with E-state index in [4.69, 9.17) is 25.8 Å². The van der Waals surface area contributed by atoms with Crippen molar-refractivity contribution in [2.45, 2.75) is 61.3 Å². The van der Waals surface area contributed by atoms with Crippen LogP contribution < -0.4 is 5.32 Å². The monoisotopic (exact) mass is 483 g/mol. The molecule has 11 nitrogen and oxygen atoms in total. The number of nitrogens with one attached hydrogen (secondary N) is 1. The second-order valence-corrected chi connectivity index (χ2v) is 9.88. The molecule has 182 valence electrons. The van der Waals surface area contributed by atoms with Crippen molar-refractivity contribution in [1.82, 2.24) is 19.5 Å². The van der Waals surface area contributed by atoms with Crippen molar-refractivity contribution in [3.63, 3.8) is 0 Å². The van der Waals surface area contributed by atoms with E-state index in [-0.39, 0.29) is 37.0 Å². The van der Waals surface area contributed by atoms with Gasteiger partial charge in [-0.3, -0.25) is 24.3 Å². The summed E-state index contributed by atoms with van der Waals surface area (Å²) < 4.78 is 18.1. The fraction of sp³-hybridized carbons (Fsp3) is 0.619. The zero-order chi connectivity index (χ0) is 25.0.